The van der Waals surface area contributed by atoms with E-state index in [9.17, 15) is 4.39 Å². The molecule has 0 aliphatic carbocycles. The molecule has 0 fully saturated rings. The van der Waals surface area contributed by atoms with Crippen LogP contribution in [0.5, 0.6) is 0 Å². The van der Waals surface area contributed by atoms with Crippen LogP contribution in [0.1, 0.15) is 24.0 Å². The minimum atomic E-state index is -0.324. The summed E-state index contributed by atoms with van der Waals surface area (Å²) < 4.78 is 14.1. The van der Waals surface area contributed by atoms with Crippen LogP contribution in [0.2, 0.25) is 10.0 Å². The van der Waals surface area contributed by atoms with E-state index in [-0.39, 0.29) is 16.8 Å². The zero-order valence-electron chi connectivity index (χ0n) is 11.9. The summed E-state index contributed by atoms with van der Waals surface area (Å²) >= 11 is 11.8. The molecule has 0 saturated carbocycles. The molecule has 0 radical (unpaired) electrons. The summed E-state index contributed by atoms with van der Waals surface area (Å²) in [4.78, 5) is 0. The Morgan fingerprint density at radius 3 is 2.48 bits per heavy atom. The topological polar surface area (TPSA) is 12.0 Å². The number of halogens is 3. The molecule has 0 heterocycles. The maximum Gasteiger partial charge on any atom is 0.144 e. The van der Waals surface area contributed by atoms with E-state index in [4.69, 9.17) is 23.2 Å². The Bertz CT molecular complexity index is 584. The van der Waals surface area contributed by atoms with Crippen molar-refractivity contribution in [1.82, 2.24) is 5.32 Å². The molecule has 1 atom stereocenters. The van der Waals surface area contributed by atoms with Gasteiger partial charge in [0.05, 0.1) is 5.02 Å². The molecule has 1 unspecified atom stereocenters. The highest BCUT2D eigenvalue weighted by molar-refractivity contribution is 6.31. The van der Waals surface area contributed by atoms with Gasteiger partial charge in [-0.3, -0.25) is 0 Å². The fraction of sp³-hybridized carbons (Fsp3) is 0.294. The van der Waals surface area contributed by atoms with E-state index >= 15 is 0 Å². The monoisotopic (exact) mass is 325 g/mol. The number of hydrogen-bond donors (Lipinski definition) is 1. The van der Waals surface area contributed by atoms with Gasteiger partial charge in [-0.05, 0) is 42.3 Å². The standard InChI is InChI=1S/C17H18Cl2FN/c1-2-21-11-14(12-6-8-15(18)9-7-12)10-13-4-3-5-16(19)17(13)20/h3-9,14,21H,2,10-11H2,1H3. The van der Waals surface area contributed by atoms with Crippen LogP contribution in [0.15, 0.2) is 42.5 Å². The quantitative estimate of drug-likeness (QED) is 0.782. The van der Waals surface area contributed by atoms with E-state index in [1.54, 1.807) is 18.2 Å². The predicted molar refractivity (Wildman–Crippen MR) is 87.9 cm³/mol. The van der Waals surface area contributed by atoms with E-state index in [2.05, 4.69) is 12.2 Å². The molecule has 0 amide bonds. The number of hydrogen-bond acceptors (Lipinski definition) is 1. The molecule has 2 aromatic carbocycles. The molecule has 2 rings (SSSR count). The van der Waals surface area contributed by atoms with Crippen molar-refractivity contribution in [3.63, 3.8) is 0 Å². The molecule has 0 aliphatic heterocycles. The van der Waals surface area contributed by atoms with Gasteiger partial charge in [0.15, 0.2) is 0 Å². The first-order valence-electron chi connectivity index (χ1n) is 7.01. The molecular weight excluding hydrogens is 308 g/mol. The van der Waals surface area contributed by atoms with Crippen molar-refractivity contribution in [1.29, 1.82) is 0 Å². The fourth-order valence-electron chi connectivity index (χ4n) is 2.33. The second kappa shape index (κ2) is 7.79. The summed E-state index contributed by atoms with van der Waals surface area (Å²) in [5.41, 5.74) is 1.78. The highest BCUT2D eigenvalue weighted by atomic mass is 35.5. The van der Waals surface area contributed by atoms with Gasteiger partial charge in [-0.15, -0.1) is 0 Å². The van der Waals surface area contributed by atoms with Gasteiger partial charge >= 0.3 is 0 Å². The third-order valence-corrected chi connectivity index (χ3v) is 4.02. The van der Waals surface area contributed by atoms with Crippen molar-refractivity contribution in [2.24, 2.45) is 0 Å². The van der Waals surface area contributed by atoms with Crippen LogP contribution in [0.4, 0.5) is 4.39 Å². The van der Waals surface area contributed by atoms with Crippen LogP contribution in [-0.4, -0.2) is 13.1 Å². The Morgan fingerprint density at radius 1 is 1.10 bits per heavy atom. The summed E-state index contributed by atoms with van der Waals surface area (Å²) in [6, 6.07) is 12.9. The van der Waals surface area contributed by atoms with E-state index in [0.717, 1.165) is 18.7 Å². The Balaban J connectivity index is 2.23. The van der Waals surface area contributed by atoms with Gasteiger partial charge in [0.2, 0.25) is 0 Å². The minimum Gasteiger partial charge on any atom is -0.316 e. The number of benzene rings is 2. The van der Waals surface area contributed by atoms with E-state index in [0.29, 0.717) is 17.0 Å². The first-order chi connectivity index (χ1) is 10.1. The molecular formula is C17H18Cl2FN. The highest BCUT2D eigenvalue weighted by Gasteiger charge is 2.15. The van der Waals surface area contributed by atoms with Crippen LogP contribution in [-0.2, 0) is 6.42 Å². The van der Waals surface area contributed by atoms with Crippen molar-refractivity contribution in [2.45, 2.75) is 19.3 Å². The molecule has 0 bridgehead atoms. The van der Waals surface area contributed by atoms with Crippen LogP contribution in [0.25, 0.3) is 0 Å². The minimum absolute atomic E-state index is 0.172. The van der Waals surface area contributed by atoms with Crippen molar-refractivity contribution in [2.75, 3.05) is 13.1 Å². The lowest BCUT2D eigenvalue weighted by atomic mass is 9.91. The average molecular weight is 326 g/mol. The first kappa shape index (κ1) is 16.3. The van der Waals surface area contributed by atoms with Crippen molar-refractivity contribution < 1.29 is 4.39 Å². The summed E-state index contributed by atoms with van der Waals surface area (Å²) in [6.07, 6.45) is 0.598. The van der Waals surface area contributed by atoms with Gasteiger partial charge < -0.3 is 5.32 Å². The zero-order valence-corrected chi connectivity index (χ0v) is 13.4. The van der Waals surface area contributed by atoms with Gasteiger partial charge in [-0.2, -0.15) is 0 Å². The smallest absolute Gasteiger partial charge is 0.144 e. The number of nitrogens with one attached hydrogen (secondary N) is 1. The largest absolute Gasteiger partial charge is 0.316 e. The molecule has 0 aromatic heterocycles. The molecule has 21 heavy (non-hydrogen) atoms. The van der Waals surface area contributed by atoms with Crippen LogP contribution >= 0.6 is 23.2 Å². The number of likely N-dealkylation sites (N-methyl/N-ethyl adjacent to an activating group) is 1. The average Bonchev–Trinajstić information content (AvgIpc) is 2.49. The van der Waals surface area contributed by atoms with Crippen molar-refractivity contribution in [3.8, 4) is 0 Å². The van der Waals surface area contributed by atoms with Crippen LogP contribution < -0.4 is 5.32 Å². The summed E-state index contributed by atoms with van der Waals surface area (Å²) in [5.74, 6) is -0.148. The summed E-state index contributed by atoms with van der Waals surface area (Å²) in [7, 11) is 0. The normalized spacial score (nSPS) is 12.4. The highest BCUT2D eigenvalue weighted by Crippen LogP contribution is 2.26. The van der Waals surface area contributed by atoms with Crippen molar-refractivity contribution in [3.05, 3.63) is 69.5 Å². The zero-order chi connectivity index (χ0) is 15.2. The Morgan fingerprint density at radius 2 is 1.81 bits per heavy atom. The second-order valence-electron chi connectivity index (χ2n) is 4.97. The van der Waals surface area contributed by atoms with E-state index in [1.165, 1.54) is 0 Å². The third-order valence-electron chi connectivity index (χ3n) is 3.48. The number of rotatable bonds is 6. The maximum atomic E-state index is 14.1. The van der Waals surface area contributed by atoms with Gasteiger partial charge in [0.25, 0.3) is 0 Å². The molecule has 0 aliphatic rings. The van der Waals surface area contributed by atoms with E-state index in [1.807, 2.05) is 24.3 Å². The molecule has 0 spiro atoms. The summed E-state index contributed by atoms with van der Waals surface area (Å²) in [6.45, 7) is 3.71. The lowest BCUT2D eigenvalue weighted by Gasteiger charge is -2.19. The SMILES string of the molecule is CCNCC(Cc1cccc(Cl)c1F)c1ccc(Cl)cc1. The molecule has 0 saturated heterocycles. The third kappa shape index (κ3) is 4.44. The van der Waals surface area contributed by atoms with Crippen molar-refractivity contribution >= 4 is 23.2 Å². The molecule has 112 valence electrons. The molecule has 4 heteroatoms. The van der Waals surface area contributed by atoms with Crippen LogP contribution in [0, 0.1) is 5.82 Å². The fourth-order valence-corrected chi connectivity index (χ4v) is 2.65. The lowest BCUT2D eigenvalue weighted by molar-refractivity contribution is 0.562. The van der Waals surface area contributed by atoms with E-state index < -0.39 is 0 Å². The first-order valence-corrected chi connectivity index (χ1v) is 7.76. The second-order valence-corrected chi connectivity index (χ2v) is 5.82. The molecule has 1 nitrogen and oxygen atoms in total. The maximum absolute atomic E-state index is 14.1. The van der Waals surface area contributed by atoms with Gasteiger partial charge in [-0.1, -0.05) is 54.4 Å². The molecule has 1 N–H and O–H groups in total. The molecule has 2 aromatic rings. The summed E-state index contributed by atoms with van der Waals surface area (Å²) in [5, 5.41) is 4.20. The van der Waals surface area contributed by atoms with Crippen LogP contribution in [0.3, 0.4) is 0 Å². The van der Waals surface area contributed by atoms with Gasteiger partial charge in [0.1, 0.15) is 5.82 Å². The Labute approximate surface area is 135 Å². The Kier molecular flexibility index (Phi) is 6.04. The van der Waals surface area contributed by atoms with Gasteiger partial charge in [-0.25, -0.2) is 4.39 Å². The predicted octanol–water partition coefficient (Wildman–Crippen LogP) is 5.07. The lowest BCUT2D eigenvalue weighted by Crippen LogP contribution is -2.23. The Hall–Kier alpha value is -1.09. The van der Waals surface area contributed by atoms with Gasteiger partial charge in [0, 0.05) is 17.5 Å².